The van der Waals surface area contributed by atoms with Crippen molar-refractivity contribution >= 4 is 23.2 Å². The van der Waals surface area contributed by atoms with Crippen LogP contribution in [0, 0.1) is 24.0 Å². The molecule has 46 heavy (non-hydrogen) atoms. The highest BCUT2D eigenvalue weighted by molar-refractivity contribution is 7.13. The topological polar surface area (TPSA) is 94.6 Å². The normalized spacial score (nSPS) is 12.3. The van der Waals surface area contributed by atoms with Crippen molar-refractivity contribution in [2.75, 3.05) is 19.6 Å². The van der Waals surface area contributed by atoms with E-state index in [1.165, 1.54) is 29.5 Å². The molecule has 10 heteroatoms. The zero-order chi connectivity index (χ0) is 33.1. The smallest absolute Gasteiger partial charge is 0.253 e. The van der Waals surface area contributed by atoms with Crippen molar-refractivity contribution in [2.45, 2.75) is 51.8 Å². The first-order valence-corrected chi connectivity index (χ1v) is 16.1. The van der Waals surface area contributed by atoms with Gasteiger partial charge in [0.15, 0.2) is 0 Å². The van der Waals surface area contributed by atoms with Crippen molar-refractivity contribution in [1.82, 2.24) is 20.5 Å². The second-order valence-electron chi connectivity index (χ2n) is 11.0. The van der Waals surface area contributed by atoms with Crippen LogP contribution < -0.4 is 10.6 Å². The van der Waals surface area contributed by atoms with Crippen LogP contribution in [-0.2, 0) is 13.0 Å². The molecule has 3 N–H and O–H groups in total. The third-order valence-corrected chi connectivity index (χ3v) is 8.15. The Morgan fingerprint density at radius 1 is 1.00 bits per heavy atom. The lowest BCUT2D eigenvalue weighted by molar-refractivity contribution is 0.0755. The van der Waals surface area contributed by atoms with Crippen LogP contribution in [0.4, 0.5) is 8.78 Å². The maximum atomic E-state index is 14.1. The van der Waals surface area contributed by atoms with E-state index in [1.54, 1.807) is 23.2 Å². The number of rotatable bonds is 15. The van der Waals surface area contributed by atoms with E-state index in [0.29, 0.717) is 35.8 Å². The lowest BCUT2D eigenvalue weighted by Gasteiger charge is -2.25. The largest absolute Gasteiger partial charge is 0.390 e. The molecule has 0 saturated heterocycles. The Balaban J connectivity index is 1.61. The summed E-state index contributed by atoms with van der Waals surface area (Å²) in [4.78, 5) is 33.5. The Bertz CT molecular complexity index is 1650. The second-order valence-corrected chi connectivity index (χ2v) is 11.9. The van der Waals surface area contributed by atoms with Gasteiger partial charge in [-0.1, -0.05) is 31.9 Å². The van der Waals surface area contributed by atoms with Gasteiger partial charge in [0.2, 0.25) is 0 Å². The minimum atomic E-state index is -1.14. The molecule has 4 rings (SSSR count). The second kappa shape index (κ2) is 16.8. The maximum absolute atomic E-state index is 14.1. The average molecular weight is 645 g/mol. The molecule has 2 atom stereocenters. The number of carbonyl (C=O) groups is 2. The van der Waals surface area contributed by atoms with E-state index in [4.69, 9.17) is 6.42 Å². The summed E-state index contributed by atoms with van der Waals surface area (Å²) < 4.78 is 28.2. The van der Waals surface area contributed by atoms with E-state index in [9.17, 15) is 23.5 Å². The highest BCUT2D eigenvalue weighted by Gasteiger charge is 2.25. The number of carbonyl (C=O) groups excluding carboxylic acids is 2. The Hall–Kier alpha value is -4.43. The monoisotopic (exact) mass is 644 g/mol. The number of aromatic nitrogens is 1. The fourth-order valence-corrected chi connectivity index (χ4v) is 5.83. The van der Waals surface area contributed by atoms with E-state index in [1.807, 2.05) is 43.5 Å². The van der Waals surface area contributed by atoms with E-state index in [-0.39, 0.29) is 30.0 Å². The van der Waals surface area contributed by atoms with Crippen molar-refractivity contribution < 1.29 is 23.5 Å². The summed E-state index contributed by atoms with van der Waals surface area (Å²) in [6.07, 6.45) is 7.53. The summed E-state index contributed by atoms with van der Waals surface area (Å²) in [5.41, 5.74) is 3.06. The molecular formula is C36H38F2N4O3S. The Labute approximate surface area is 272 Å². The van der Waals surface area contributed by atoms with Crippen LogP contribution in [0.1, 0.15) is 64.1 Å². The van der Waals surface area contributed by atoms with Gasteiger partial charge in [-0.3, -0.25) is 9.59 Å². The molecule has 1 heterocycles. The molecule has 0 saturated carbocycles. The summed E-state index contributed by atoms with van der Waals surface area (Å²) in [5, 5.41) is 19.7. The van der Waals surface area contributed by atoms with Gasteiger partial charge in [0.1, 0.15) is 16.6 Å². The molecule has 0 fully saturated rings. The van der Waals surface area contributed by atoms with Crippen molar-refractivity contribution in [3.05, 3.63) is 112 Å². The number of aliphatic hydroxyl groups is 1. The number of hydrogen-bond acceptors (Lipinski definition) is 6. The van der Waals surface area contributed by atoms with Gasteiger partial charge in [-0.15, -0.1) is 17.8 Å². The van der Waals surface area contributed by atoms with Gasteiger partial charge >= 0.3 is 0 Å². The van der Waals surface area contributed by atoms with Gasteiger partial charge in [-0.25, -0.2) is 13.8 Å². The van der Waals surface area contributed by atoms with Gasteiger partial charge in [-0.2, -0.15) is 0 Å². The molecule has 0 bridgehead atoms. The molecule has 0 aliphatic heterocycles. The molecule has 0 unspecified atom stereocenters. The molecular weight excluding hydrogens is 606 g/mol. The number of nitrogens with zero attached hydrogens (tertiary/aromatic N) is 2. The summed E-state index contributed by atoms with van der Waals surface area (Å²) in [6, 6.07) is 14.5. The predicted molar refractivity (Wildman–Crippen MR) is 177 cm³/mol. The number of nitrogens with one attached hydrogen (secondary N) is 2. The Kier molecular flexibility index (Phi) is 12.5. The van der Waals surface area contributed by atoms with Crippen LogP contribution in [0.3, 0.4) is 0 Å². The number of benzene rings is 3. The van der Waals surface area contributed by atoms with Crippen molar-refractivity contribution in [2.24, 2.45) is 0 Å². The Morgan fingerprint density at radius 2 is 1.72 bits per heavy atom. The van der Waals surface area contributed by atoms with Crippen LogP contribution in [0.2, 0.25) is 0 Å². The summed E-state index contributed by atoms with van der Waals surface area (Å²) in [5.74, 6) is 0.325. The number of aliphatic hydroxyl groups excluding tert-OH is 1. The van der Waals surface area contributed by atoms with E-state index in [0.717, 1.165) is 30.0 Å². The van der Waals surface area contributed by atoms with Gasteiger partial charge < -0.3 is 20.6 Å². The number of hydrogen-bond donors (Lipinski definition) is 3. The highest BCUT2D eigenvalue weighted by atomic mass is 32.1. The SMILES string of the molecule is C#Cc1cccc(CNC[C@@H](O)[C@H](Cc2cc(F)cc(F)c2)NC(=O)c2cc(C(=O)N(CCC)CCC)cc(-c3nccs3)c2)c1. The fraction of sp³-hybridized carbons (Fsp3) is 0.306. The van der Waals surface area contributed by atoms with Crippen LogP contribution in [0.5, 0.6) is 0 Å². The third kappa shape index (κ3) is 9.54. The number of halogens is 2. The lowest BCUT2D eigenvalue weighted by atomic mass is 9.99. The molecule has 240 valence electrons. The lowest BCUT2D eigenvalue weighted by Crippen LogP contribution is -2.48. The van der Waals surface area contributed by atoms with Gasteiger partial charge in [0.25, 0.3) is 11.8 Å². The van der Waals surface area contributed by atoms with Gasteiger partial charge in [-0.05, 0) is 72.9 Å². The molecule has 4 aromatic rings. The van der Waals surface area contributed by atoms with E-state index < -0.39 is 29.7 Å². The van der Waals surface area contributed by atoms with Crippen molar-refractivity contribution in [3.63, 3.8) is 0 Å². The minimum Gasteiger partial charge on any atom is -0.390 e. The summed E-state index contributed by atoms with van der Waals surface area (Å²) in [7, 11) is 0. The molecule has 0 aliphatic rings. The van der Waals surface area contributed by atoms with E-state index in [2.05, 4.69) is 21.5 Å². The fourth-order valence-electron chi connectivity index (χ4n) is 5.20. The molecule has 7 nitrogen and oxygen atoms in total. The molecule has 0 spiro atoms. The zero-order valence-electron chi connectivity index (χ0n) is 25.9. The maximum Gasteiger partial charge on any atom is 0.253 e. The van der Waals surface area contributed by atoms with Crippen molar-refractivity contribution in [1.29, 1.82) is 0 Å². The van der Waals surface area contributed by atoms with Crippen LogP contribution in [0.25, 0.3) is 10.6 Å². The standard InChI is InChI=1S/C36H38F2N4O3S/c1-4-11-42(12-5-2)36(45)29-19-27(18-28(20-29)35-40-10-13-46-35)34(44)41-32(17-26-15-30(37)21-31(38)16-26)33(43)23-39-22-25-9-7-8-24(6-3)14-25/h3,7-10,13-16,18-21,32-33,39,43H,4-5,11-12,17,22-23H2,1-2H3,(H,41,44)/t32-,33+/m0/s1. The quantitative estimate of drug-likeness (QED) is 0.142. The summed E-state index contributed by atoms with van der Waals surface area (Å²) in [6.45, 7) is 5.62. The zero-order valence-corrected chi connectivity index (χ0v) is 26.7. The van der Waals surface area contributed by atoms with Crippen LogP contribution >= 0.6 is 11.3 Å². The number of thiazole rings is 1. The highest BCUT2D eigenvalue weighted by Crippen LogP contribution is 2.26. The number of amides is 2. The first-order valence-electron chi connectivity index (χ1n) is 15.2. The molecule has 0 aliphatic carbocycles. The Morgan fingerprint density at radius 3 is 2.37 bits per heavy atom. The molecule has 3 aromatic carbocycles. The molecule has 1 aromatic heterocycles. The number of terminal acetylenes is 1. The van der Waals surface area contributed by atoms with E-state index >= 15 is 0 Å². The third-order valence-electron chi connectivity index (χ3n) is 7.33. The molecule has 2 amide bonds. The van der Waals surface area contributed by atoms with Crippen molar-refractivity contribution in [3.8, 4) is 22.9 Å². The van der Waals surface area contributed by atoms with Gasteiger partial charge in [0.05, 0.1) is 12.1 Å². The van der Waals surface area contributed by atoms with Crippen LogP contribution in [-0.4, -0.2) is 58.6 Å². The predicted octanol–water partition coefficient (Wildman–Crippen LogP) is 5.82. The minimum absolute atomic E-state index is 0.0470. The first-order chi connectivity index (χ1) is 22.2. The van der Waals surface area contributed by atoms with Gasteiger partial charge in [0, 0.05) is 66.1 Å². The first kappa shape index (κ1) is 34.4. The average Bonchev–Trinajstić information content (AvgIpc) is 3.59. The van der Waals surface area contributed by atoms with Crippen LogP contribution in [0.15, 0.2) is 72.2 Å². The molecule has 0 radical (unpaired) electrons. The summed E-state index contributed by atoms with van der Waals surface area (Å²) >= 11 is 1.38.